The van der Waals surface area contributed by atoms with E-state index in [1.165, 1.54) is 5.56 Å². The number of piperazine rings is 1. The highest BCUT2D eigenvalue weighted by Gasteiger charge is 2.18. The van der Waals surface area contributed by atoms with E-state index in [4.69, 9.17) is 0 Å². The Kier molecular flexibility index (Phi) is 5.41. The van der Waals surface area contributed by atoms with Gasteiger partial charge in [0.2, 0.25) is 5.91 Å². The zero-order chi connectivity index (χ0) is 18.5. The normalized spacial score (nSPS) is 15.9. The Hall–Kier alpha value is -2.77. The molecule has 0 atom stereocenters. The predicted octanol–water partition coefficient (Wildman–Crippen LogP) is 2.10. The monoisotopic (exact) mass is 364 g/mol. The topological polar surface area (TPSA) is 77.2 Å². The van der Waals surface area contributed by atoms with E-state index in [-0.39, 0.29) is 5.91 Å². The second-order valence-electron chi connectivity index (χ2n) is 6.87. The minimum atomic E-state index is -0.00359. The quantitative estimate of drug-likeness (QED) is 0.700. The van der Waals surface area contributed by atoms with Gasteiger partial charge in [-0.3, -0.25) is 14.8 Å². The molecule has 3 aromatic rings. The lowest BCUT2D eigenvalue weighted by Gasteiger charge is -2.34. The number of nitrogens with one attached hydrogen (secondary N) is 2. The van der Waals surface area contributed by atoms with Crippen LogP contribution in [-0.2, 0) is 11.3 Å². The first kappa shape index (κ1) is 17.6. The van der Waals surface area contributed by atoms with Crippen molar-refractivity contribution in [3.05, 3.63) is 54.2 Å². The summed E-state index contributed by atoms with van der Waals surface area (Å²) in [5.41, 5.74) is 1.97. The number of rotatable bonds is 6. The summed E-state index contributed by atoms with van der Waals surface area (Å²) in [6.07, 6.45) is 2.16. The van der Waals surface area contributed by atoms with Crippen LogP contribution in [0.3, 0.4) is 0 Å². The zero-order valence-electron chi connectivity index (χ0n) is 15.3. The van der Waals surface area contributed by atoms with Crippen molar-refractivity contribution < 1.29 is 4.79 Å². The van der Waals surface area contributed by atoms with Gasteiger partial charge < -0.3 is 10.2 Å². The Morgan fingerprint density at radius 1 is 1.04 bits per heavy atom. The van der Waals surface area contributed by atoms with Crippen molar-refractivity contribution in [2.75, 3.05) is 38.0 Å². The lowest BCUT2D eigenvalue weighted by molar-refractivity contribution is -0.116. The summed E-state index contributed by atoms with van der Waals surface area (Å²) >= 11 is 0. The fourth-order valence-electron chi connectivity index (χ4n) is 3.42. The zero-order valence-corrected chi connectivity index (χ0v) is 15.3. The molecular formula is C20H24N6O. The summed E-state index contributed by atoms with van der Waals surface area (Å²) < 4.78 is 0. The summed E-state index contributed by atoms with van der Waals surface area (Å²) in [7, 11) is 0. The third-order valence-electron chi connectivity index (χ3n) is 4.96. The van der Waals surface area contributed by atoms with Crippen LogP contribution >= 0.6 is 0 Å². The van der Waals surface area contributed by atoms with Crippen LogP contribution in [0, 0.1) is 0 Å². The number of H-pyrrole nitrogens is 1. The molecule has 7 nitrogen and oxygen atoms in total. The molecular weight excluding hydrogens is 340 g/mol. The van der Waals surface area contributed by atoms with Gasteiger partial charge in [-0.25, -0.2) is 4.98 Å². The first-order valence-electron chi connectivity index (χ1n) is 9.35. The number of fused-ring (bicyclic) bond motifs is 1. The molecule has 0 unspecified atom stereocenters. The van der Waals surface area contributed by atoms with Gasteiger partial charge in [0.05, 0.1) is 5.39 Å². The van der Waals surface area contributed by atoms with Crippen LogP contribution in [0.4, 0.5) is 5.82 Å². The van der Waals surface area contributed by atoms with Gasteiger partial charge in [-0.1, -0.05) is 30.3 Å². The van der Waals surface area contributed by atoms with Gasteiger partial charge in [0.1, 0.15) is 5.82 Å². The van der Waals surface area contributed by atoms with Crippen LogP contribution in [0.1, 0.15) is 12.0 Å². The number of benzene rings is 1. The third-order valence-corrected chi connectivity index (χ3v) is 4.96. The molecule has 4 rings (SSSR count). The van der Waals surface area contributed by atoms with E-state index >= 15 is 0 Å². The molecule has 140 valence electrons. The van der Waals surface area contributed by atoms with Crippen molar-refractivity contribution in [3.8, 4) is 0 Å². The van der Waals surface area contributed by atoms with Gasteiger partial charge in [0, 0.05) is 51.9 Å². The van der Waals surface area contributed by atoms with E-state index in [0.717, 1.165) is 44.7 Å². The van der Waals surface area contributed by atoms with Crippen LogP contribution < -0.4 is 5.32 Å². The Morgan fingerprint density at radius 2 is 1.81 bits per heavy atom. The molecule has 2 N–H and O–H groups in total. The van der Waals surface area contributed by atoms with E-state index in [0.29, 0.717) is 17.9 Å². The van der Waals surface area contributed by atoms with Gasteiger partial charge in [-0.2, -0.15) is 5.10 Å². The minimum absolute atomic E-state index is 0.00359. The third kappa shape index (κ3) is 4.50. The molecule has 3 heterocycles. The second kappa shape index (κ2) is 8.28. The number of carbonyl (C=O) groups is 1. The Balaban J connectivity index is 1.21. The highest BCUT2D eigenvalue weighted by Crippen LogP contribution is 2.17. The second-order valence-corrected chi connectivity index (χ2v) is 6.87. The van der Waals surface area contributed by atoms with E-state index < -0.39 is 0 Å². The molecule has 1 aliphatic rings. The van der Waals surface area contributed by atoms with Crippen LogP contribution in [0.15, 0.2) is 48.7 Å². The molecule has 1 amide bonds. The molecule has 1 saturated heterocycles. The van der Waals surface area contributed by atoms with Gasteiger partial charge in [0.15, 0.2) is 5.65 Å². The van der Waals surface area contributed by atoms with Crippen molar-refractivity contribution >= 4 is 22.8 Å². The molecule has 0 bridgehead atoms. The molecule has 1 aliphatic heterocycles. The van der Waals surface area contributed by atoms with Crippen molar-refractivity contribution in [2.45, 2.75) is 13.0 Å². The van der Waals surface area contributed by atoms with E-state index in [9.17, 15) is 4.79 Å². The first-order valence-corrected chi connectivity index (χ1v) is 9.35. The lowest BCUT2D eigenvalue weighted by Crippen LogP contribution is -2.46. The number of carbonyl (C=O) groups excluding carboxylic acids is 1. The fraction of sp³-hybridized carbons (Fsp3) is 0.350. The maximum Gasteiger partial charge on any atom is 0.226 e. The molecule has 0 radical (unpaired) electrons. The van der Waals surface area contributed by atoms with Crippen molar-refractivity contribution in [1.82, 2.24) is 25.0 Å². The van der Waals surface area contributed by atoms with Crippen LogP contribution in [0.2, 0.25) is 0 Å². The molecule has 0 spiro atoms. The van der Waals surface area contributed by atoms with Gasteiger partial charge in [0.25, 0.3) is 0 Å². The fourth-order valence-corrected chi connectivity index (χ4v) is 3.42. The SMILES string of the molecule is O=C(CCN1CCN(Cc2ccccc2)CC1)Nc1[nH]nc2ncccc12. The number of anilines is 1. The van der Waals surface area contributed by atoms with E-state index in [1.54, 1.807) is 6.20 Å². The molecule has 0 aliphatic carbocycles. The number of hydrogen-bond acceptors (Lipinski definition) is 5. The maximum atomic E-state index is 12.3. The number of aromatic nitrogens is 3. The summed E-state index contributed by atoms with van der Waals surface area (Å²) in [5.74, 6) is 0.617. The van der Waals surface area contributed by atoms with Crippen molar-refractivity contribution in [2.24, 2.45) is 0 Å². The van der Waals surface area contributed by atoms with Crippen molar-refractivity contribution in [3.63, 3.8) is 0 Å². The van der Waals surface area contributed by atoms with Gasteiger partial charge >= 0.3 is 0 Å². The number of amides is 1. The minimum Gasteiger partial charge on any atom is -0.310 e. The molecule has 1 aromatic carbocycles. The highest BCUT2D eigenvalue weighted by atomic mass is 16.1. The van der Waals surface area contributed by atoms with E-state index in [2.05, 4.69) is 60.6 Å². The van der Waals surface area contributed by atoms with E-state index in [1.807, 2.05) is 12.1 Å². The summed E-state index contributed by atoms with van der Waals surface area (Å²) in [5, 5.41) is 10.7. The van der Waals surface area contributed by atoms with Crippen LogP contribution in [0.25, 0.3) is 11.0 Å². The standard InChI is InChI=1S/C20H24N6O/c27-18(22-20-17-7-4-9-21-19(17)23-24-20)8-10-25-11-13-26(14-12-25)15-16-5-2-1-3-6-16/h1-7,9H,8,10-15H2,(H2,21,22,23,24,27). The highest BCUT2D eigenvalue weighted by molar-refractivity contribution is 5.98. The lowest BCUT2D eigenvalue weighted by atomic mass is 10.2. The Labute approximate surface area is 158 Å². The summed E-state index contributed by atoms with van der Waals surface area (Å²) in [6.45, 7) is 5.83. The Morgan fingerprint density at radius 3 is 2.63 bits per heavy atom. The number of aromatic amines is 1. The van der Waals surface area contributed by atoms with Crippen LogP contribution in [0.5, 0.6) is 0 Å². The molecule has 0 saturated carbocycles. The summed E-state index contributed by atoms with van der Waals surface area (Å²) in [6, 6.07) is 14.3. The predicted molar refractivity (Wildman–Crippen MR) is 105 cm³/mol. The molecule has 2 aromatic heterocycles. The maximum absolute atomic E-state index is 12.3. The van der Waals surface area contributed by atoms with Crippen molar-refractivity contribution in [1.29, 1.82) is 0 Å². The molecule has 27 heavy (non-hydrogen) atoms. The van der Waals surface area contributed by atoms with Crippen LogP contribution in [-0.4, -0.2) is 63.6 Å². The summed E-state index contributed by atoms with van der Waals surface area (Å²) in [4.78, 5) is 21.3. The number of pyridine rings is 1. The number of nitrogens with zero attached hydrogens (tertiary/aromatic N) is 4. The number of hydrogen-bond donors (Lipinski definition) is 2. The smallest absolute Gasteiger partial charge is 0.226 e. The molecule has 1 fully saturated rings. The first-order chi connectivity index (χ1) is 13.3. The Bertz CT molecular complexity index is 886. The molecule has 7 heteroatoms. The average molecular weight is 364 g/mol. The van der Waals surface area contributed by atoms with Gasteiger partial charge in [-0.05, 0) is 17.7 Å². The van der Waals surface area contributed by atoms with Gasteiger partial charge in [-0.15, -0.1) is 0 Å². The largest absolute Gasteiger partial charge is 0.310 e. The average Bonchev–Trinajstić information content (AvgIpc) is 3.11.